The lowest BCUT2D eigenvalue weighted by Gasteiger charge is -2.02. The summed E-state index contributed by atoms with van der Waals surface area (Å²) in [6.45, 7) is 6.13. The van der Waals surface area contributed by atoms with Crippen LogP contribution in [-0.4, -0.2) is 4.98 Å². The van der Waals surface area contributed by atoms with Crippen molar-refractivity contribution >= 4 is 11.6 Å². The van der Waals surface area contributed by atoms with Gasteiger partial charge in [-0.05, 0) is 30.5 Å². The number of aromatic nitrogens is 1. The molecule has 2 rings (SSSR count). The zero-order valence-corrected chi connectivity index (χ0v) is 9.12. The van der Waals surface area contributed by atoms with E-state index in [-0.39, 0.29) is 0 Å². The minimum Gasteiger partial charge on any atom is -0.264 e. The smallest absolute Gasteiger partial charge is 0.0348 e. The molecule has 1 aromatic heterocycles. The molecule has 1 nitrogen and oxygen atoms in total. The van der Waals surface area contributed by atoms with E-state index in [0.29, 0.717) is 0 Å². The number of fused-ring (bicyclic) bond motifs is 1. The Kier molecular flexibility index (Phi) is 4.11. The number of nitrogens with zero attached hydrogens (tertiary/aromatic N) is 1. The summed E-state index contributed by atoms with van der Waals surface area (Å²) in [5.74, 6) is 0. The fourth-order valence-electron chi connectivity index (χ4n) is 1.43. The molecule has 0 radical (unpaired) electrons. The highest BCUT2D eigenvalue weighted by Gasteiger charge is 2.02. The van der Waals surface area contributed by atoms with Gasteiger partial charge in [0.05, 0.1) is 0 Å². The molecule has 0 bridgehead atoms. The fraction of sp³-hybridized carbons (Fsp3) is 0.308. The van der Waals surface area contributed by atoms with Crippen molar-refractivity contribution in [2.75, 3.05) is 0 Å². The van der Waals surface area contributed by atoms with Crippen molar-refractivity contribution < 1.29 is 0 Å². The summed E-state index contributed by atoms with van der Waals surface area (Å²) in [5.41, 5.74) is 3.85. The standard InChI is InChI=1S/C11H11N.C2H6/c1-9-4-2-3-5-10-6-7-12-8-11(9)10;1-2/h3-8H,2H2,1H3;1-2H3. The molecule has 0 aromatic carbocycles. The summed E-state index contributed by atoms with van der Waals surface area (Å²) in [5, 5.41) is 0. The van der Waals surface area contributed by atoms with E-state index in [1.807, 2.05) is 26.2 Å². The first-order valence-electron chi connectivity index (χ1n) is 5.15. The molecule has 74 valence electrons. The van der Waals surface area contributed by atoms with Gasteiger partial charge in [0.1, 0.15) is 0 Å². The Balaban J connectivity index is 0.000000461. The largest absolute Gasteiger partial charge is 0.264 e. The molecule has 0 fully saturated rings. The average Bonchev–Trinajstić information content (AvgIpc) is 2.45. The first-order chi connectivity index (χ1) is 6.88. The van der Waals surface area contributed by atoms with E-state index in [4.69, 9.17) is 0 Å². The zero-order chi connectivity index (χ0) is 10.4. The summed E-state index contributed by atoms with van der Waals surface area (Å²) in [7, 11) is 0. The molecule has 0 N–H and O–H groups in total. The van der Waals surface area contributed by atoms with Crippen molar-refractivity contribution in [1.29, 1.82) is 0 Å². The maximum atomic E-state index is 4.12. The fourth-order valence-corrected chi connectivity index (χ4v) is 1.43. The second kappa shape index (κ2) is 5.38. The van der Waals surface area contributed by atoms with Gasteiger partial charge >= 0.3 is 0 Å². The van der Waals surface area contributed by atoms with Gasteiger partial charge in [-0.25, -0.2) is 0 Å². The van der Waals surface area contributed by atoms with Crippen LogP contribution in [0.4, 0.5) is 0 Å². The lowest BCUT2D eigenvalue weighted by molar-refractivity contribution is 1.29. The Morgan fingerprint density at radius 3 is 2.86 bits per heavy atom. The van der Waals surface area contributed by atoms with Crippen molar-refractivity contribution in [3.05, 3.63) is 41.7 Å². The normalized spacial score (nSPS) is 13.2. The number of hydrogen-bond donors (Lipinski definition) is 0. The Bertz CT molecular complexity index is 348. The molecule has 14 heavy (non-hydrogen) atoms. The van der Waals surface area contributed by atoms with Gasteiger partial charge in [-0.15, -0.1) is 0 Å². The van der Waals surface area contributed by atoms with Crippen molar-refractivity contribution in [3.8, 4) is 0 Å². The van der Waals surface area contributed by atoms with Crippen LogP contribution in [0.25, 0.3) is 11.6 Å². The van der Waals surface area contributed by atoms with E-state index in [0.717, 1.165) is 6.42 Å². The van der Waals surface area contributed by atoms with Gasteiger partial charge < -0.3 is 0 Å². The number of pyridine rings is 1. The second-order valence-electron chi connectivity index (χ2n) is 2.99. The Hall–Kier alpha value is -1.37. The lowest BCUT2D eigenvalue weighted by atomic mass is 10.1. The summed E-state index contributed by atoms with van der Waals surface area (Å²) >= 11 is 0. The van der Waals surface area contributed by atoms with E-state index in [9.17, 15) is 0 Å². The molecule has 0 saturated heterocycles. The molecular weight excluding hydrogens is 170 g/mol. The minimum absolute atomic E-state index is 1.03. The predicted octanol–water partition coefficient (Wildman–Crippen LogP) is 3.93. The molecule has 0 atom stereocenters. The third kappa shape index (κ3) is 2.32. The van der Waals surface area contributed by atoms with Crippen LogP contribution in [0.2, 0.25) is 0 Å². The van der Waals surface area contributed by atoms with Crippen molar-refractivity contribution in [3.63, 3.8) is 0 Å². The Morgan fingerprint density at radius 2 is 2.07 bits per heavy atom. The van der Waals surface area contributed by atoms with Gasteiger partial charge in [0, 0.05) is 18.0 Å². The molecule has 1 aliphatic carbocycles. The lowest BCUT2D eigenvalue weighted by Crippen LogP contribution is -1.85. The van der Waals surface area contributed by atoms with Crippen molar-refractivity contribution in [2.45, 2.75) is 27.2 Å². The highest BCUT2D eigenvalue weighted by molar-refractivity contribution is 5.74. The van der Waals surface area contributed by atoms with Crippen LogP contribution in [0.15, 0.2) is 30.6 Å². The van der Waals surface area contributed by atoms with Crippen molar-refractivity contribution in [2.24, 2.45) is 0 Å². The van der Waals surface area contributed by atoms with E-state index in [2.05, 4.69) is 36.2 Å². The highest BCUT2D eigenvalue weighted by atomic mass is 14.6. The van der Waals surface area contributed by atoms with E-state index in [1.54, 1.807) is 0 Å². The molecule has 1 aromatic rings. The zero-order valence-electron chi connectivity index (χ0n) is 9.12. The van der Waals surface area contributed by atoms with E-state index >= 15 is 0 Å². The molecule has 0 amide bonds. The Morgan fingerprint density at radius 1 is 1.29 bits per heavy atom. The summed E-state index contributed by atoms with van der Waals surface area (Å²) in [4.78, 5) is 4.12. The highest BCUT2D eigenvalue weighted by Crippen LogP contribution is 2.22. The summed E-state index contributed by atoms with van der Waals surface area (Å²) < 4.78 is 0. The minimum atomic E-state index is 1.03. The second-order valence-corrected chi connectivity index (χ2v) is 2.99. The predicted molar refractivity (Wildman–Crippen MR) is 62.9 cm³/mol. The molecule has 0 aliphatic heterocycles. The number of allylic oxidation sites excluding steroid dienone is 3. The van der Waals surface area contributed by atoms with Crippen LogP contribution >= 0.6 is 0 Å². The molecular formula is C13H17N. The quantitative estimate of drug-likeness (QED) is 0.599. The molecule has 0 saturated carbocycles. The number of hydrogen-bond acceptors (Lipinski definition) is 1. The average molecular weight is 187 g/mol. The van der Waals surface area contributed by atoms with Gasteiger partial charge in [0.15, 0.2) is 0 Å². The van der Waals surface area contributed by atoms with Gasteiger partial charge in [-0.1, -0.05) is 32.1 Å². The number of rotatable bonds is 0. The summed E-state index contributed by atoms with van der Waals surface area (Å²) in [6, 6.07) is 2.05. The van der Waals surface area contributed by atoms with Crippen LogP contribution in [0.3, 0.4) is 0 Å². The Labute approximate surface area is 86.2 Å². The molecule has 1 heterocycles. The molecule has 0 spiro atoms. The molecule has 0 unspecified atom stereocenters. The van der Waals surface area contributed by atoms with Crippen LogP contribution in [-0.2, 0) is 0 Å². The van der Waals surface area contributed by atoms with Crippen LogP contribution in [0.5, 0.6) is 0 Å². The first-order valence-corrected chi connectivity index (χ1v) is 5.15. The van der Waals surface area contributed by atoms with Crippen LogP contribution in [0.1, 0.15) is 38.3 Å². The van der Waals surface area contributed by atoms with Crippen LogP contribution < -0.4 is 0 Å². The van der Waals surface area contributed by atoms with E-state index in [1.165, 1.54) is 16.7 Å². The van der Waals surface area contributed by atoms with Gasteiger partial charge in [0.25, 0.3) is 0 Å². The first kappa shape index (κ1) is 10.7. The monoisotopic (exact) mass is 187 g/mol. The maximum absolute atomic E-state index is 4.12. The third-order valence-corrected chi connectivity index (χ3v) is 2.14. The van der Waals surface area contributed by atoms with Gasteiger partial charge in [-0.3, -0.25) is 4.98 Å². The summed E-state index contributed by atoms with van der Waals surface area (Å²) in [6.07, 6.45) is 11.3. The SMILES string of the molecule is CC.CC1=CCC=Cc2ccncc21. The van der Waals surface area contributed by atoms with Crippen molar-refractivity contribution in [1.82, 2.24) is 4.98 Å². The third-order valence-electron chi connectivity index (χ3n) is 2.14. The topological polar surface area (TPSA) is 12.9 Å². The molecule has 1 heteroatoms. The van der Waals surface area contributed by atoms with E-state index < -0.39 is 0 Å². The van der Waals surface area contributed by atoms with Crippen LogP contribution in [0, 0.1) is 0 Å². The van der Waals surface area contributed by atoms with Gasteiger partial charge in [0.2, 0.25) is 0 Å². The molecule has 1 aliphatic rings. The van der Waals surface area contributed by atoms with Gasteiger partial charge in [-0.2, -0.15) is 0 Å². The maximum Gasteiger partial charge on any atom is 0.0348 e.